The molecular formula is C24H31N3O2. The third-order valence-corrected chi connectivity index (χ3v) is 5.64. The molecule has 0 N–H and O–H groups in total. The molecule has 0 spiro atoms. The summed E-state index contributed by atoms with van der Waals surface area (Å²) in [7, 11) is 3.63. The molecule has 5 heteroatoms. The van der Waals surface area contributed by atoms with Crippen LogP contribution in [0, 0.1) is 13.8 Å². The van der Waals surface area contributed by atoms with E-state index in [9.17, 15) is 4.79 Å². The van der Waals surface area contributed by atoms with E-state index in [1.54, 1.807) is 12.1 Å². The Bertz CT molecular complexity index is 903. The number of likely N-dealkylation sites (N-methyl/N-ethyl adjacent to an activating group) is 1. The number of hydrogen-bond acceptors (Lipinski definition) is 4. The molecule has 1 aliphatic heterocycles. The molecule has 0 fully saturated rings. The topological polar surface area (TPSA) is 45.1 Å². The van der Waals surface area contributed by atoms with E-state index in [-0.39, 0.29) is 11.9 Å². The molecule has 0 aromatic heterocycles. The summed E-state index contributed by atoms with van der Waals surface area (Å²) in [6.07, 6.45) is 0.702. The lowest BCUT2D eigenvalue weighted by molar-refractivity contribution is -0.134. The molecule has 3 rings (SSSR count). The average molecular weight is 394 g/mol. The van der Waals surface area contributed by atoms with E-state index in [1.807, 2.05) is 36.2 Å². The predicted molar refractivity (Wildman–Crippen MR) is 117 cm³/mol. The van der Waals surface area contributed by atoms with Gasteiger partial charge in [-0.1, -0.05) is 23.8 Å². The minimum absolute atomic E-state index is 0.0229. The van der Waals surface area contributed by atoms with E-state index in [0.29, 0.717) is 19.0 Å². The van der Waals surface area contributed by atoms with Crippen molar-refractivity contribution in [2.75, 3.05) is 20.7 Å². The zero-order chi connectivity index (χ0) is 21.1. The Hall–Kier alpha value is -2.66. The fourth-order valence-corrected chi connectivity index (χ4v) is 3.61. The van der Waals surface area contributed by atoms with Gasteiger partial charge >= 0.3 is 0 Å². The number of methoxy groups -OCH3 is 1. The summed E-state index contributed by atoms with van der Waals surface area (Å²) in [6.45, 7) is 8.72. The number of hydrogen-bond donors (Lipinski definition) is 0. The molecule has 0 radical (unpaired) electrons. The molecule has 0 unspecified atom stereocenters. The van der Waals surface area contributed by atoms with E-state index in [4.69, 9.17) is 9.84 Å². The van der Waals surface area contributed by atoms with Crippen LogP contribution in [-0.4, -0.2) is 48.3 Å². The summed E-state index contributed by atoms with van der Waals surface area (Å²) < 4.78 is 5.26. The highest BCUT2D eigenvalue weighted by Gasteiger charge is 2.34. The van der Waals surface area contributed by atoms with Crippen LogP contribution in [0.15, 0.2) is 47.6 Å². The first-order valence-corrected chi connectivity index (χ1v) is 10.1. The molecule has 1 amide bonds. The molecule has 2 aromatic carbocycles. The van der Waals surface area contributed by atoms with Gasteiger partial charge in [0, 0.05) is 12.5 Å². The summed E-state index contributed by atoms with van der Waals surface area (Å²) in [4.78, 5) is 15.2. The molecule has 154 valence electrons. The number of rotatable bonds is 6. The van der Waals surface area contributed by atoms with Crippen LogP contribution in [0.4, 0.5) is 0 Å². The van der Waals surface area contributed by atoms with Gasteiger partial charge in [-0.25, -0.2) is 5.01 Å². The lowest BCUT2D eigenvalue weighted by Crippen LogP contribution is -2.39. The van der Waals surface area contributed by atoms with Crippen molar-refractivity contribution in [2.24, 2.45) is 5.10 Å². The fraction of sp³-hybridized carbons (Fsp3) is 0.417. The van der Waals surface area contributed by atoms with Gasteiger partial charge in [0.25, 0.3) is 5.91 Å². The van der Waals surface area contributed by atoms with Gasteiger partial charge in [0.2, 0.25) is 0 Å². The maximum atomic E-state index is 13.2. The molecule has 0 bridgehead atoms. The van der Waals surface area contributed by atoms with Crippen molar-refractivity contribution < 1.29 is 9.53 Å². The van der Waals surface area contributed by atoms with Crippen LogP contribution in [0.1, 0.15) is 48.6 Å². The highest BCUT2D eigenvalue weighted by molar-refractivity contribution is 6.03. The zero-order valence-electron chi connectivity index (χ0n) is 18.3. The highest BCUT2D eigenvalue weighted by atomic mass is 16.5. The van der Waals surface area contributed by atoms with Gasteiger partial charge in [0.05, 0.1) is 25.4 Å². The summed E-state index contributed by atoms with van der Waals surface area (Å²) in [6, 6.07) is 14.5. The van der Waals surface area contributed by atoms with E-state index in [2.05, 4.69) is 45.9 Å². The van der Waals surface area contributed by atoms with Crippen LogP contribution in [0.2, 0.25) is 0 Å². The largest absolute Gasteiger partial charge is 0.497 e. The normalized spacial score (nSPS) is 16.5. The van der Waals surface area contributed by atoms with Gasteiger partial charge in [-0.05, 0) is 75.7 Å². The zero-order valence-corrected chi connectivity index (χ0v) is 18.3. The SMILES string of the molecule is COc1ccc(C2=NN(C(=O)CN(C)C(C)C)[C@H](c3ccc(C)cc3C)C2)cc1. The number of aryl methyl sites for hydroxylation is 2. The number of carbonyl (C=O) groups is 1. The van der Waals surface area contributed by atoms with Gasteiger partial charge in [-0.2, -0.15) is 5.10 Å². The first kappa shape index (κ1) is 21.1. The lowest BCUT2D eigenvalue weighted by Gasteiger charge is -2.27. The Morgan fingerprint density at radius 1 is 1.21 bits per heavy atom. The monoisotopic (exact) mass is 393 g/mol. The van der Waals surface area contributed by atoms with Crippen molar-refractivity contribution in [3.63, 3.8) is 0 Å². The first-order valence-electron chi connectivity index (χ1n) is 10.1. The van der Waals surface area contributed by atoms with Crippen LogP contribution in [0.25, 0.3) is 0 Å². The summed E-state index contributed by atoms with van der Waals surface area (Å²) in [5, 5.41) is 6.47. The molecule has 1 aliphatic rings. The van der Waals surface area contributed by atoms with Crippen molar-refractivity contribution >= 4 is 11.6 Å². The number of amides is 1. The van der Waals surface area contributed by atoms with E-state index >= 15 is 0 Å². The van der Waals surface area contributed by atoms with Crippen molar-refractivity contribution in [1.29, 1.82) is 0 Å². The second kappa shape index (κ2) is 8.78. The Morgan fingerprint density at radius 2 is 1.90 bits per heavy atom. The summed E-state index contributed by atoms with van der Waals surface area (Å²) in [5.41, 5.74) is 5.52. The maximum Gasteiger partial charge on any atom is 0.257 e. The van der Waals surface area contributed by atoms with Crippen LogP contribution >= 0.6 is 0 Å². The summed E-state index contributed by atoms with van der Waals surface area (Å²) >= 11 is 0. The van der Waals surface area contributed by atoms with E-state index in [0.717, 1.165) is 22.6 Å². The molecule has 0 saturated heterocycles. The van der Waals surface area contributed by atoms with Gasteiger partial charge in [-0.15, -0.1) is 0 Å². The van der Waals surface area contributed by atoms with Gasteiger partial charge in [0.15, 0.2) is 0 Å². The Morgan fingerprint density at radius 3 is 2.48 bits per heavy atom. The van der Waals surface area contributed by atoms with Gasteiger partial charge in [-0.3, -0.25) is 9.69 Å². The molecular weight excluding hydrogens is 362 g/mol. The van der Waals surface area contributed by atoms with Gasteiger partial charge in [0.1, 0.15) is 5.75 Å². The third-order valence-electron chi connectivity index (χ3n) is 5.64. The van der Waals surface area contributed by atoms with Crippen molar-refractivity contribution in [3.8, 4) is 5.75 Å². The Kier molecular flexibility index (Phi) is 6.38. The molecule has 0 aliphatic carbocycles. The third kappa shape index (κ3) is 4.67. The molecule has 5 nitrogen and oxygen atoms in total. The molecule has 2 aromatic rings. The van der Waals surface area contributed by atoms with Crippen LogP contribution in [-0.2, 0) is 4.79 Å². The molecule has 29 heavy (non-hydrogen) atoms. The molecule has 0 saturated carbocycles. The van der Waals surface area contributed by atoms with Crippen LogP contribution < -0.4 is 4.74 Å². The van der Waals surface area contributed by atoms with Crippen LogP contribution in [0.5, 0.6) is 5.75 Å². The van der Waals surface area contributed by atoms with Gasteiger partial charge < -0.3 is 4.74 Å². The summed E-state index contributed by atoms with van der Waals surface area (Å²) in [5.74, 6) is 0.833. The standard InChI is InChI=1S/C24H31N3O2/c1-16(2)26(5)15-24(28)27-23(21-12-7-17(3)13-18(21)4)14-22(25-27)19-8-10-20(29-6)11-9-19/h7-13,16,23H,14-15H2,1-6H3/t23-/m0/s1. The molecule has 1 atom stereocenters. The fourth-order valence-electron chi connectivity index (χ4n) is 3.61. The van der Waals surface area contributed by atoms with E-state index < -0.39 is 0 Å². The smallest absolute Gasteiger partial charge is 0.257 e. The number of benzene rings is 2. The quantitative estimate of drug-likeness (QED) is 0.734. The van der Waals surface area contributed by atoms with Crippen LogP contribution in [0.3, 0.4) is 0 Å². The Labute approximate surface area is 174 Å². The minimum atomic E-state index is -0.0826. The van der Waals surface area contributed by atoms with E-state index in [1.165, 1.54) is 11.1 Å². The highest BCUT2D eigenvalue weighted by Crippen LogP contribution is 2.35. The number of nitrogens with zero attached hydrogens (tertiary/aromatic N) is 3. The molecule has 1 heterocycles. The second-order valence-corrected chi connectivity index (χ2v) is 8.10. The minimum Gasteiger partial charge on any atom is -0.497 e. The number of carbonyl (C=O) groups excluding carboxylic acids is 1. The number of hydrazone groups is 1. The average Bonchev–Trinajstić information content (AvgIpc) is 3.13. The second-order valence-electron chi connectivity index (χ2n) is 8.10. The predicted octanol–water partition coefficient (Wildman–Crippen LogP) is 4.33. The van der Waals surface area contributed by atoms with Crippen molar-refractivity contribution in [2.45, 2.75) is 46.2 Å². The van der Waals surface area contributed by atoms with Crippen molar-refractivity contribution in [1.82, 2.24) is 9.91 Å². The Balaban J connectivity index is 1.94. The maximum absolute atomic E-state index is 13.2. The number of ether oxygens (including phenoxy) is 1. The van der Waals surface area contributed by atoms with Crippen molar-refractivity contribution in [3.05, 3.63) is 64.7 Å². The first-order chi connectivity index (χ1) is 13.8. The lowest BCUT2D eigenvalue weighted by atomic mass is 9.94.